The largest absolute Gasteiger partial charge is 0.487 e. The number of carbonyl (C=O) groups excluding carboxylic acids is 2. The van der Waals surface area contributed by atoms with Gasteiger partial charge in [-0.25, -0.2) is 4.39 Å². The van der Waals surface area contributed by atoms with Crippen LogP contribution < -0.4 is 25.9 Å². The van der Waals surface area contributed by atoms with Crippen LogP contribution in [0.25, 0.3) is 10.9 Å². The molecular formula is C19H22FN5O4. The SMILES string of the molecule is CC1COc2c(N3CCN(C)CC3)c(F)cc3c(=O)c(C(=O)NNC=O)cn1c23. The molecule has 10 heteroatoms. The molecule has 2 aliphatic rings. The minimum atomic E-state index is -0.767. The van der Waals surface area contributed by atoms with E-state index >= 15 is 4.39 Å². The van der Waals surface area contributed by atoms with Gasteiger partial charge in [-0.05, 0) is 20.0 Å². The predicted molar refractivity (Wildman–Crippen MR) is 105 cm³/mol. The number of piperazine rings is 1. The summed E-state index contributed by atoms with van der Waals surface area (Å²) in [4.78, 5) is 39.8. The Kier molecular flexibility index (Phi) is 4.87. The summed E-state index contributed by atoms with van der Waals surface area (Å²) in [5.74, 6) is -0.992. The Morgan fingerprint density at radius 1 is 1.31 bits per heavy atom. The number of benzene rings is 1. The lowest BCUT2D eigenvalue weighted by molar-refractivity contribution is -0.110. The van der Waals surface area contributed by atoms with Crippen molar-refractivity contribution in [2.45, 2.75) is 13.0 Å². The quantitative estimate of drug-likeness (QED) is 0.561. The molecule has 1 aromatic carbocycles. The lowest BCUT2D eigenvalue weighted by Crippen LogP contribution is -2.45. The fourth-order valence-electron chi connectivity index (χ4n) is 3.86. The number of nitrogens with one attached hydrogen (secondary N) is 2. The van der Waals surface area contributed by atoms with E-state index < -0.39 is 17.2 Å². The van der Waals surface area contributed by atoms with E-state index in [1.54, 1.807) is 4.57 Å². The number of rotatable bonds is 4. The van der Waals surface area contributed by atoms with Gasteiger partial charge in [-0.2, -0.15) is 0 Å². The van der Waals surface area contributed by atoms with E-state index in [4.69, 9.17) is 4.74 Å². The van der Waals surface area contributed by atoms with Crippen LogP contribution in [-0.4, -0.2) is 61.6 Å². The number of halogens is 1. The maximum absolute atomic E-state index is 15.2. The summed E-state index contributed by atoms with van der Waals surface area (Å²) in [5, 5.41) is 0.0701. The number of carbonyl (C=O) groups is 2. The number of hydrogen-bond acceptors (Lipinski definition) is 6. The van der Waals surface area contributed by atoms with Crippen molar-refractivity contribution in [3.63, 3.8) is 0 Å². The van der Waals surface area contributed by atoms with Crippen LogP contribution in [0.1, 0.15) is 23.3 Å². The molecule has 0 radical (unpaired) electrons. The van der Waals surface area contributed by atoms with Crippen molar-refractivity contribution in [3.8, 4) is 5.75 Å². The van der Waals surface area contributed by atoms with E-state index in [0.717, 1.165) is 13.1 Å². The van der Waals surface area contributed by atoms with Gasteiger partial charge in [0.05, 0.1) is 16.9 Å². The molecule has 0 aliphatic carbocycles. The summed E-state index contributed by atoms with van der Waals surface area (Å²) >= 11 is 0. The first-order chi connectivity index (χ1) is 13.9. The molecule has 29 heavy (non-hydrogen) atoms. The molecule has 4 rings (SSSR count). The number of ether oxygens (including phenoxy) is 1. The van der Waals surface area contributed by atoms with E-state index in [-0.39, 0.29) is 30.0 Å². The molecule has 2 aromatic rings. The second-order valence-electron chi connectivity index (χ2n) is 7.38. The van der Waals surface area contributed by atoms with Crippen molar-refractivity contribution < 1.29 is 18.7 Å². The summed E-state index contributed by atoms with van der Waals surface area (Å²) < 4.78 is 22.8. The van der Waals surface area contributed by atoms with E-state index in [9.17, 15) is 14.4 Å². The molecular weight excluding hydrogens is 381 g/mol. The third-order valence-corrected chi connectivity index (χ3v) is 5.45. The number of amides is 2. The summed E-state index contributed by atoms with van der Waals surface area (Å²) in [6, 6.07) is 1.01. The first-order valence-corrected chi connectivity index (χ1v) is 9.39. The van der Waals surface area contributed by atoms with Crippen LogP contribution in [0.15, 0.2) is 17.1 Å². The van der Waals surface area contributed by atoms with E-state index in [2.05, 4.69) is 10.3 Å². The standard InChI is InChI=1S/C19H22FN5O4/c1-11-9-29-18-15-12(7-14(20)16(18)24-5-3-23(2)4-6-24)17(27)13(8-25(11)15)19(28)22-21-10-26/h7-8,10-11H,3-6,9H2,1-2H3,(H,21,26)(H,22,28). The first kappa shape index (κ1) is 19.2. The fourth-order valence-corrected chi connectivity index (χ4v) is 3.86. The van der Waals surface area contributed by atoms with Crippen molar-refractivity contribution in [1.29, 1.82) is 0 Å². The van der Waals surface area contributed by atoms with E-state index in [0.29, 0.717) is 30.0 Å². The van der Waals surface area contributed by atoms with Crippen LogP contribution in [0, 0.1) is 5.82 Å². The number of anilines is 1. The molecule has 1 atom stereocenters. The third-order valence-electron chi connectivity index (χ3n) is 5.45. The second kappa shape index (κ2) is 7.36. The number of hydrogen-bond donors (Lipinski definition) is 2. The summed E-state index contributed by atoms with van der Waals surface area (Å²) in [7, 11) is 2.01. The zero-order valence-corrected chi connectivity index (χ0v) is 16.2. The lowest BCUT2D eigenvalue weighted by Gasteiger charge is -2.37. The fraction of sp³-hybridized carbons (Fsp3) is 0.421. The second-order valence-corrected chi connectivity index (χ2v) is 7.38. The van der Waals surface area contributed by atoms with Crippen LogP contribution in [0.3, 0.4) is 0 Å². The van der Waals surface area contributed by atoms with Crippen molar-refractivity contribution in [2.75, 3.05) is 44.7 Å². The van der Waals surface area contributed by atoms with Crippen molar-refractivity contribution in [2.24, 2.45) is 0 Å². The Morgan fingerprint density at radius 2 is 2.03 bits per heavy atom. The Hall–Kier alpha value is -3.14. The van der Waals surface area contributed by atoms with Crippen molar-refractivity contribution in [1.82, 2.24) is 20.3 Å². The van der Waals surface area contributed by atoms with Crippen LogP contribution in [0.2, 0.25) is 0 Å². The Balaban J connectivity index is 1.92. The van der Waals surface area contributed by atoms with Gasteiger partial charge in [-0.1, -0.05) is 0 Å². The van der Waals surface area contributed by atoms with Crippen LogP contribution in [0.5, 0.6) is 5.75 Å². The van der Waals surface area contributed by atoms with Crippen LogP contribution in [-0.2, 0) is 4.79 Å². The average molecular weight is 403 g/mol. The van der Waals surface area contributed by atoms with Crippen molar-refractivity contribution in [3.05, 3.63) is 33.9 Å². The summed E-state index contributed by atoms with van der Waals surface area (Å²) in [5.41, 5.74) is 4.18. The highest BCUT2D eigenvalue weighted by Crippen LogP contribution is 2.42. The first-order valence-electron chi connectivity index (χ1n) is 9.39. The van der Waals surface area contributed by atoms with E-state index in [1.807, 2.05) is 24.3 Å². The highest BCUT2D eigenvalue weighted by atomic mass is 19.1. The molecule has 2 amide bonds. The minimum Gasteiger partial charge on any atom is -0.487 e. The molecule has 0 bridgehead atoms. The normalized spacial score (nSPS) is 19.0. The van der Waals surface area contributed by atoms with Crippen LogP contribution >= 0.6 is 0 Å². The summed E-state index contributed by atoms with van der Waals surface area (Å²) in [6.07, 6.45) is 1.73. The molecule has 2 aliphatic heterocycles. The third kappa shape index (κ3) is 3.19. The lowest BCUT2D eigenvalue weighted by atomic mass is 10.0. The van der Waals surface area contributed by atoms with Gasteiger partial charge in [-0.3, -0.25) is 25.2 Å². The molecule has 154 valence electrons. The van der Waals surface area contributed by atoms with Gasteiger partial charge < -0.3 is 19.1 Å². The van der Waals surface area contributed by atoms with Gasteiger partial charge in [0.15, 0.2) is 11.6 Å². The minimum absolute atomic E-state index is 0.0701. The van der Waals surface area contributed by atoms with Crippen LogP contribution in [0.4, 0.5) is 10.1 Å². The Bertz CT molecular complexity index is 1050. The average Bonchev–Trinajstić information content (AvgIpc) is 2.71. The number of hydrazine groups is 1. The van der Waals surface area contributed by atoms with Crippen molar-refractivity contribution >= 4 is 28.9 Å². The molecule has 9 nitrogen and oxygen atoms in total. The summed E-state index contributed by atoms with van der Waals surface area (Å²) in [6.45, 7) is 5.05. The van der Waals surface area contributed by atoms with Gasteiger partial charge >= 0.3 is 0 Å². The smallest absolute Gasteiger partial charge is 0.275 e. The Morgan fingerprint density at radius 3 is 2.72 bits per heavy atom. The maximum Gasteiger partial charge on any atom is 0.275 e. The zero-order chi connectivity index (χ0) is 20.7. The highest BCUT2D eigenvalue weighted by molar-refractivity contribution is 6.00. The molecule has 0 spiro atoms. The molecule has 3 heterocycles. The maximum atomic E-state index is 15.2. The number of aromatic nitrogens is 1. The zero-order valence-electron chi connectivity index (χ0n) is 16.2. The number of likely N-dealkylation sites (N-methyl/N-ethyl adjacent to an activating group) is 1. The highest BCUT2D eigenvalue weighted by Gasteiger charge is 2.31. The molecule has 2 N–H and O–H groups in total. The monoisotopic (exact) mass is 403 g/mol. The van der Waals surface area contributed by atoms with Gasteiger partial charge in [0.25, 0.3) is 5.91 Å². The predicted octanol–water partition coefficient (Wildman–Crippen LogP) is 0.237. The molecule has 1 aromatic heterocycles. The van der Waals surface area contributed by atoms with E-state index in [1.165, 1.54) is 12.3 Å². The molecule has 0 saturated carbocycles. The Labute approximate surface area is 166 Å². The topological polar surface area (TPSA) is 95.9 Å². The van der Waals surface area contributed by atoms with Gasteiger partial charge in [-0.15, -0.1) is 0 Å². The molecule has 1 fully saturated rings. The number of nitrogens with zero attached hydrogens (tertiary/aromatic N) is 3. The van der Waals surface area contributed by atoms with Gasteiger partial charge in [0.2, 0.25) is 11.8 Å². The van der Waals surface area contributed by atoms with Gasteiger partial charge in [0, 0.05) is 32.4 Å². The van der Waals surface area contributed by atoms with Gasteiger partial charge in [0.1, 0.15) is 17.9 Å². The number of pyridine rings is 1. The molecule has 1 unspecified atom stereocenters. The molecule has 1 saturated heterocycles.